The zero-order valence-corrected chi connectivity index (χ0v) is 19.7. The van der Waals surface area contributed by atoms with Crippen molar-refractivity contribution in [2.24, 2.45) is 0 Å². The number of benzene rings is 3. The minimum absolute atomic E-state index is 0.0112. The second-order valence-corrected chi connectivity index (χ2v) is 9.87. The lowest BCUT2D eigenvalue weighted by Gasteiger charge is -2.29. The normalized spacial score (nSPS) is 13.8. The van der Waals surface area contributed by atoms with Gasteiger partial charge in [0, 0.05) is 43.1 Å². The van der Waals surface area contributed by atoms with Gasteiger partial charge in [0.05, 0.1) is 10.6 Å². The van der Waals surface area contributed by atoms with Gasteiger partial charge in [-0.3, -0.25) is 13.9 Å². The van der Waals surface area contributed by atoms with Crippen molar-refractivity contribution in [3.63, 3.8) is 0 Å². The van der Waals surface area contributed by atoms with Gasteiger partial charge in [-0.05, 0) is 60.7 Å². The molecule has 0 saturated carbocycles. The van der Waals surface area contributed by atoms with Gasteiger partial charge in [-0.25, -0.2) is 8.42 Å². The van der Waals surface area contributed by atoms with Crippen molar-refractivity contribution in [1.29, 1.82) is 0 Å². The third-order valence-corrected chi connectivity index (χ3v) is 7.42. The van der Waals surface area contributed by atoms with E-state index in [2.05, 4.69) is 15.5 Å². The van der Waals surface area contributed by atoms with Crippen LogP contribution in [0.5, 0.6) is 0 Å². The summed E-state index contributed by atoms with van der Waals surface area (Å²) in [5, 5.41) is 15.4. The molecule has 1 aliphatic heterocycles. The van der Waals surface area contributed by atoms with Crippen LogP contribution in [0.2, 0.25) is 0 Å². The Kier molecular flexibility index (Phi) is 7.33. The number of anilines is 3. The highest BCUT2D eigenvalue weighted by molar-refractivity contribution is 7.92. The number of nitrogens with one attached hydrogen (secondary N) is 2. The van der Waals surface area contributed by atoms with Crippen LogP contribution < -0.4 is 19.8 Å². The molecule has 1 aliphatic rings. The largest absolute Gasteiger partial charge is 0.480 e. The molecule has 1 saturated heterocycles. The Bertz CT molecular complexity index is 1270. The van der Waals surface area contributed by atoms with Crippen LogP contribution in [0.4, 0.5) is 17.1 Å². The van der Waals surface area contributed by atoms with Gasteiger partial charge in [0.15, 0.2) is 0 Å². The molecule has 0 aliphatic carbocycles. The SMILES string of the molecule is O=C(O)CN(c1ccc(NC(=O)c2ccc(N3CCNCC3)cc2)cc1)S(=O)(=O)c1ccccc1. The monoisotopic (exact) mass is 494 g/mol. The molecule has 10 heteroatoms. The Morgan fingerprint density at radius 2 is 1.54 bits per heavy atom. The number of rotatable bonds is 8. The average molecular weight is 495 g/mol. The van der Waals surface area contributed by atoms with Crippen LogP contribution in [-0.4, -0.2) is 58.1 Å². The number of carboxylic acids is 1. The summed E-state index contributed by atoms with van der Waals surface area (Å²) in [5.74, 6) is -1.59. The highest BCUT2D eigenvalue weighted by Crippen LogP contribution is 2.25. The lowest BCUT2D eigenvalue weighted by Crippen LogP contribution is -2.43. The van der Waals surface area contributed by atoms with Crippen molar-refractivity contribution in [3.8, 4) is 0 Å². The molecule has 35 heavy (non-hydrogen) atoms. The molecule has 1 heterocycles. The Morgan fingerprint density at radius 1 is 0.914 bits per heavy atom. The highest BCUT2D eigenvalue weighted by Gasteiger charge is 2.27. The quantitative estimate of drug-likeness (QED) is 0.440. The number of sulfonamides is 1. The zero-order chi connectivity index (χ0) is 24.8. The molecule has 4 rings (SSSR count). The van der Waals surface area contributed by atoms with E-state index in [1.54, 1.807) is 30.3 Å². The molecule has 1 fully saturated rings. The molecular weight excluding hydrogens is 468 g/mol. The van der Waals surface area contributed by atoms with Gasteiger partial charge in [0.25, 0.3) is 15.9 Å². The Morgan fingerprint density at radius 3 is 2.14 bits per heavy atom. The molecule has 9 nitrogen and oxygen atoms in total. The van der Waals surface area contributed by atoms with E-state index in [4.69, 9.17) is 0 Å². The van der Waals surface area contributed by atoms with E-state index in [9.17, 15) is 23.1 Å². The molecular formula is C25H26N4O5S. The summed E-state index contributed by atoms with van der Waals surface area (Å²) in [4.78, 5) is 26.3. The van der Waals surface area contributed by atoms with E-state index >= 15 is 0 Å². The topological polar surface area (TPSA) is 119 Å². The number of hydrogen-bond donors (Lipinski definition) is 3. The summed E-state index contributed by atoms with van der Waals surface area (Å²) in [6, 6.07) is 21.0. The number of carbonyl (C=O) groups excluding carboxylic acids is 1. The highest BCUT2D eigenvalue weighted by atomic mass is 32.2. The average Bonchev–Trinajstić information content (AvgIpc) is 2.89. The van der Waals surface area contributed by atoms with Crippen LogP contribution in [0.3, 0.4) is 0 Å². The first-order chi connectivity index (χ1) is 16.8. The van der Waals surface area contributed by atoms with Crippen LogP contribution in [0.15, 0.2) is 83.8 Å². The first-order valence-electron chi connectivity index (χ1n) is 11.1. The third-order valence-electron chi connectivity index (χ3n) is 5.63. The van der Waals surface area contributed by atoms with Crippen molar-refractivity contribution in [1.82, 2.24) is 5.32 Å². The summed E-state index contributed by atoms with van der Waals surface area (Å²) in [6.45, 7) is 2.94. The van der Waals surface area contributed by atoms with E-state index in [0.29, 0.717) is 11.3 Å². The molecule has 3 N–H and O–H groups in total. The van der Waals surface area contributed by atoms with Gasteiger partial charge < -0.3 is 20.6 Å². The number of carboxylic acid groups (broad SMARTS) is 1. The molecule has 182 valence electrons. The predicted octanol–water partition coefficient (Wildman–Crippen LogP) is 2.63. The Hall–Kier alpha value is -3.89. The van der Waals surface area contributed by atoms with Crippen LogP contribution >= 0.6 is 0 Å². The van der Waals surface area contributed by atoms with Crippen molar-refractivity contribution in [2.75, 3.05) is 47.2 Å². The predicted molar refractivity (Wildman–Crippen MR) is 135 cm³/mol. The fraction of sp³-hybridized carbons (Fsp3) is 0.200. The lowest BCUT2D eigenvalue weighted by molar-refractivity contribution is -0.135. The van der Waals surface area contributed by atoms with Crippen molar-refractivity contribution in [2.45, 2.75) is 4.90 Å². The molecule has 1 amide bonds. The van der Waals surface area contributed by atoms with Gasteiger partial charge in [-0.2, -0.15) is 0 Å². The fourth-order valence-corrected chi connectivity index (χ4v) is 5.25. The van der Waals surface area contributed by atoms with E-state index in [1.165, 1.54) is 36.4 Å². The molecule has 3 aromatic rings. The Labute approximate surface area is 204 Å². The van der Waals surface area contributed by atoms with Crippen LogP contribution in [0.1, 0.15) is 10.4 Å². The summed E-state index contributed by atoms with van der Waals surface area (Å²) in [7, 11) is -4.08. The molecule has 0 radical (unpaired) electrons. The number of carbonyl (C=O) groups is 2. The first-order valence-corrected chi connectivity index (χ1v) is 12.6. The minimum Gasteiger partial charge on any atom is -0.480 e. The number of nitrogens with zero attached hydrogens (tertiary/aromatic N) is 2. The molecule has 0 atom stereocenters. The maximum absolute atomic E-state index is 13.0. The maximum atomic E-state index is 13.0. The smallest absolute Gasteiger partial charge is 0.324 e. The van der Waals surface area contributed by atoms with E-state index < -0.39 is 22.5 Å². The summed E-state index contributed by atoms with van der Waals surface area (Å²) in [5.41, 5.74) is 2.18. The lowest BCUT2D eigenvalue weighted by atomic mass is 10.1. The number of hydrogen-bond acceptors (Lipinski definition) is 6. The molecule has 3 aromatic carbocycles. The van der Waals surface area contributed by atoms with Crippen LogP contribution in [-0.2, 0) is 14.8 Å². The van der Waals surface area contributed by atoms with Gasteiger partial charge in [-0.15, -0.1) is 0 Å². The molecule has 0 aromatic heterocycles. The van der Waals surface area contributed by atoms with Gasteiger partial charge in [0.2, 0.25) is 0 Å². The number of aliphatic carboxylic acids is 1. The third kappa shape index (κ3) is 5.79. The summed E-state index contributed by atoms with van der Waals surface area (Å²) >= 11 is 0. The van der Waals surface area contributed by atoms with E-state index in [1.807, 2.05) is 12.1 Å². The van der Waals surface area contributed by atoms with E-state index in [0.717, 1.165) is 36.2 Å². The molecule has 0 unspecified atom stereocenters. The van der Waals surface area contributed by atoms with Gasteiger partial charge in [0.1, 0.15) is 6.54 Å². The Balaban J connectivity index is 1.48. The van der Waals surface area contributed by atoms with Crippen molar-refractivity contribution in [3.05, 3.63) is 84.4 Å². The summed E-state index contributed by atoms with van der Waals surface area (Å²) < 4.78 is 26.9. The molecule has 0 bridgehead atoms. The van der Waals surface area contributed by atoms with Crippen molar-refractivity contribution < 1.29 is 23.1 Å². The van der Waals surface area contributed by atoms with Gasteiger partial charge >= 0.3 is 5.97 Å². The van der Waals surface area contributed by atoms with Crippen LogP contribution in [0.25, 0.3) is 0 Å². The zero-order valence-electron chi connectivity index (χ0n) is 18.9. The molecule has 0 spiro atoms. The summed E-state index contributed by atoms with van der Waals surface area (Å²) in [6.07, 6.45) is 0. The maximum Gasteiger partial charge on any atom is 0.324 e. The number of piperazine rings is 1. The minimum atomic E-state index is -4.08. The van der Waals surface area contributed by atoms with Crippen molar-refractivity contribution >= 4 is 39.0 Å². The number of amides is 1. The van der Waals surface area contributed by atoms with E-state index in [-0.39, 0.29) is 16.5 Å². The second-order valence-electron chi connectivity index (χ2n) is 8.00. The second kappa shape index (κ2) is 10.6. The standard InChI is InChI=1S/C25H26N4O5S/c30-24(31)18-29(35(33,34)23-4-2-1-3-5-23)22-12-8-20(9-13-22)27-25(32)19-6-10-21(11-7-19)28-16-14-26-15-17-28/h1-13,26H,14-18H2,(H,27,32)(H,30,31). The van der Waals surface area contributed by atoms with Gasteiger partial charge in [-0.1, -0.05) is 18.2 Å². The first kappa shape index (κ1) is 24.2. The van der Waals surface area contributed by atoms with Crippen LogP contribution in [0, 0.1) is 0 Å². The fourth-order valence-electron chi connectivity index (χ4n) is 3.82.